The molecule has 2 rings (SSSR count). The number of hydrogen-bond acceptors (Lipinski definition) is 3. The van der Waals surface area contributed by atoms with Gasteiger partial charge >= 0.3 is 5.97 Å². The fraction of sp³-hybridized carbons (Fsp3) is 0.385. The molecule has 1 amide bonds. The van der Waals surface area contributed by atoms with E-state index in [0.717, 1.165) is 0 Å². The summed E-state index contributed by atoms with van der Waals surface area (Å²) in [5.41, 5.74) is 0.574. The minimum atomic E-state index is -2.52. The van der Waals surface area contributed by atoms with E-state index in [4.69, 9.17) is 5.11 Å². The highest BCUT2D eigenvalue weighted by molar-refractivity contribution is 7.70. The fourth-order valence-electron chi connectivity index (χ4n) is 2.25. The summed E-state index contributed by atoms with van der Waals surface area (Å²) in [6.45, 7) is 3.42. The molecule has 5 nitrogen and oxygen atoms in total. The molecule has 1 aromatic carbocycles. The van der Waals surface area contributed by atoms with Crippen molar-refractivity contribution < 1.29 is 19.3 Å². The molecule has 102 valence electrons. The Morgan fingerprint density at radius 2 is 2.00 bits per heavy atom. The quantitative estimate of drug-likeness (QED) is 0.849. The van der Waals surface area contributed by atoms with E-state index in [2.05, 4.69) is 0 Å². The Balaban J connectivity index is 2.41. The van der Waals surface area contributed by atoms with Crippen LogP contribution in [0.25, 0.3) is 0 Å². The molecule has 1 aliphatic rings. The molecule has 1 atom stereocenters. The zero-order valence-electron chi connectivity index (χ0n) is 10.9. The van der Waals surface area contributed by atoms with Gasteiger partial charge in [0, 0.05) is 18.3 Å². The predicted molar refractivity (Wildman–Crippen MR) is 73.6 cm³/mol. The van der Waals surface area contributed by atoms with E-state index in [0.29, 0.717) is 11.0 Å². The summed E-state index contributed by atoms with van der Waals surface area (Å²) in [6.07, 6.45) is 0.00139. The summed E-state index contributed by atoms with van der Waals surface area (Å²) >= 11 is 0. The summed E-state index contributed by atoms with van der Waals surface area (Å²) in [5.74, 6) is -1.88. The lowest BCUT2D eigenvalue weighted by molar-refractivity contribution is -0.141. The van der Waals surface area contributed by atoms with Crippen LogP contribution < -0.4 is 10.2 Å². The summed E-state index contributed by atoms with van der Waals surface area (Å²) in [6, 6.07) is 6.98. The first-order chi connectivity index (χ1) is 8.80. The second kappa shape index (κ2) is 4.82. The molecule has 0 saturated carbocycles. The van der Waals surface area contributed by atoms with Gasteiger partial charge in [0.15, 0.2) is 0 Å². The second-order valence-corrected chi connectivity index (χ2v) is 8.27. The van der Waals surface area contributed by atoms with Gasteiger partial charge in [-0.15, -0.1) is 0 Å². The molecule has 1 unspecified atom stereocenters. The van der Waals surface area contributed by atoms with Crippen LogP contribution in [0.15, 0.2) is 24.3 Å². The minimum Gasteiger partial charge on any atom is -0.481 e. The summed E-state index contributed by atoms with van der Waals surface area (Å²) in [4.78, 5) is 24.4. The van der Waals surface area contributed by atoms with Crippen LogP contribution in [-0.4, -0.2) is 36.9 Å². The van der Waals surface area contributed by atoms with Crippen LogP contribution in [-0.2, 0) is 14.2 Å². The van der Waals surface area contributed by atoms with E-state index in [9.17, 15) is 14.2 Å². The molecule has 0 spiro atoms. The van der Waals surface area contributed by atoms with Gasteiger partial charge in [0.05, 0.1) is 11.6 Å². The number of amides is 1. The highest BCUT2D eigenvalue weighted by atomic mass is 31.2. The standard InChI is InChI=1S/C13H16NO4P/c1-19(2,18)11-6-4-3-5-10(11)14-8-9(13(16)17)7-12(14)15/h3-6,9H,7-8H2,1-2H3,(H,16,17). The van der Waals surface area contributed by atoms with Crippen LogP contribution in [0.4, 0.5) is 5.69 Å². The van der Waals surface area contributed by atoms with E-state index in [1.165, 1.54) is 4.90 Å². The summed E-state index contributed by atoms with van der Waals surface area (Å²) < 4.78 is 12.3. The third-order valence-corrected chi connectivity index (χ3v) is 4.77. The van der Waals surface area contributed by atoms with Crippen molar-refractivity contribution in [3.05, 3.63) is 24.3 Å². The van der Waals surface area contributed by atoms with Crippen molar-refractivity contribution in [2.24, 2.45) is 5.92 Å². The van der Waals surface area contributed by atoms with Crippen LogP contribution in [0.5, 0.6) is 0 Å². The Labute approximate surface area is 111 Å². The maximum Gasteiger partial charge on any atom is 0.308 e. The van der Waals surface area contributed by atoms with Gasteiger partial charge < -0.3 is 14.6 Å². The number of benzene rings is 1. The van der Waals surface area contributed by atoms with Gasteiger partial charge in [-0.3, -0.25) is 9.59 Å². The predicted octanol–water partition coefficient (Wildman–Crippen LogP) is 1.37. The number of carbonyl (C=O) groups excluding carboxylic acids is 1. The molecule has 1 heterocycles. The van der Waals surface area contributed by atoms with Crippen molar-refractivity contribution in [2.45, 2.75) is 6.42 Å². The van der Waals surface area contributed by atoms with Gasteiger partial charge in [-0.2, -0.15) is 0 Å². The van der Waals surface area contributed by atoms with Gasteiger partial charge in [0.2, 0.25) is 5.91 Å². The zero-order chi connectivity index (χ0) is 14.2. The molecule has 0 aliphatic carbocycles. The number of aliphatic carboxylic acids is 1. The van der Waals surface area contributed by atoms with Gasteiger partial charge in [-0.25, -0.2) is 0 Å². The first kappa shape index (κ1) is 13.8. The van der Waals surface area contributed by atoms with Crippen molar-refractivity contribution >= 4 is 30.0 Å². The van der Waals surface area contributed by atoms with E-state index < -0.39 is 19.0 Å². The normalized spacial score (nSPS) is 19.8. The number of carbonyl (C=O) groups is 2. The Kier molecular flexibility index (Phi) is 3.50. The average molecular weight is 281 g/mol. The molecule has 0 radical (unpaired) electrons. The number of carboxylic acids is 1. The lowest BCUT2D eigenvalue weighted by atomic mass is 10.1. The summed E-state index contributed by atoms with van der Waals surface area (Å²) in [5, 5.41) is 9.61. The van der Waals surface area contributed by atoms with Crippen molar-refractivity contribution in [1.82, 2.24) is 0 Å². The monoisotopic (exact) mass is 281 g/mol. The number of hydrogen-bond donors (Lipinski definition) is 1. The zero-order valence-corrected chi connectivity index (χ0v) is 11.8. The molecular weight excluding hydrogens is 265 g/mol. The van der Waals surface area contributed by atoms with Crippen molar-refractivity contribution in [3.63, 3.8) is 0 Å². The molecule has 0 aromatic heterocycles. The van der Waals surface area contributed by atoms with Crippen molar-refractivity contribution in [2.75, 3.05) is 24.8 Å². The number of carboxylic acid groups (broad SMARTS) is 1. The van der Waals surface area contributed by atoms with Crippen LogP contribution in [0.3, 0.4) is 0 Å². The number of nitrogens with zero attached hydrogens (tertiary/aromatic N) is 1. The van der Waals surface area contributed by atoms with Crippen LogP contribution in [0.1, 0.15) is 6.42 Å². The Hall–Kier alpha value is -1.61. The molecule has 1 aliphatic heterocycles. The molecule has 1 N–H and O–H groups in total. The fourth-order valence-corrected chi connectivity index (χ4v) is 3.45. The van der Waals surface area contributed by atoms with E-state index in [1.807, 2.05) is 0 Å². The minimum absolute atomic E-state index is 0.00139. The largest absolute Gasteiger partial charge is 0.481 e. The maximum atomic E-state index is 12.3. The average Bonchev–Trinajstić information content (AvgIpc) is 2.70. The van der Waals surface area contributed by atoms with E-state index in [-0.39, 0.29) is 18.9 Å². The van der Waals surface area contributed by atoms with Crippen molar-refractivity contribution in [3.8, 4) is 0 Å². The lowest BCUT2D eigenvalue weighted by Crippen LogP contribution is -2.30. The van der Waals surface area contributed by atoms with Gasteiger partial charge in [0.1, 0.15) is 7.14 Å². The first-order valence-electron chi connectivity index (χ1n) is 5.98. The molecular formula is C13H16NO4P. The number of anilines is 1. The number of rotatable bonds is 3. The maximum absolute atomic E-state index is 12.3. The van der Waals surface area contributed by atoms with Gasteiger partial charge in [-0.05, 0) is 25.5 Å². The van der Waals surface area contributed by atoms with Crippen molar-refractivity contribution in [1.29, 1.82) is 0 Å². The van der Waals surface area contributed by atoms with E-state index in [1.54, 1.807) is 37.6 Å². The third-order valence-electron chi connectivity index (χ3n) is 3.23. The topological polar surface area (TPSA) is 74.7 Å². The van der Waals surface area contributed by atoms with E-state index >= 15 is 0 Å². The molecule has 1 saturated heterocycles. The molecule has 0 bridgehead atoms. The Morgan fingerprint density at radius 1 is 1.37 bits per heavy atom. The third kappa shape index (κ3) is 2.71. The highest BCUT2D eigenvalue weighted by Crippen LogP contribution is 2.39. The Morgan fingerprint density at radius 3 is 2.53 bits per heavy atom. The first-order valence-corrected chi connectivity index (χ1v) is 8.58. The molecule has 19 heavy (non-hydrogen) atoms. The molecule has 6 heteroatoms. The van der Waals surface area contributed by atoms with Crippen LogP contribution in [0, 0.1) is 5.92 Å². The second-order valence-electron chi connectivity index (χ2n) is 5.08. The Bertz CT molecular complexity index is 578. The highest BCUT2D eigenvalue weighted by Gasteiger charge is 2.36. The molecule has 1 aromatic rings. The lowest BCUT2D eigenvalue weighted by Gasteiger charge is -2.21. The smallest absolute Gasteiger partial charge is 0.308 e. The van der Waals surface area contributed by atoms with Crippen LogP contribution >= 0.6 is 7.14 Å². The van der Waals surface area contributed by atoms with Gasteiger partial charge in [-0.1, -0.05) is 12.1 Å². The van der Waals surface area contributed by atoms with Gasteiger partial charge in [0.25, 0.3) is 0 Å². The SMILES string of the molecule is CP(C)(=O)c1ccccc1N1CC(C(=O)O)CC1=O. The summed E-state index contributed by atoms with van der Waals surface area (Å²) in [7, 11) is -2.52. The molecule has 1 fully saturated rings. The van der Waals surface area contributed by atoms with Crippen LogP contribution in [0.2, 0.25) is 0 Å². The number of para-hydroxylation sites is 1.